The van der Waals surface area contributed by atoms with Crippen LogP contribution in [0.1, 0.15) is 29.9 Å². The van der Waals surface area contributed by atoms with E-state index in [1.54, 1.807) is 6.20 Å². The molecule has 2 aromatic rings. The van der Waals surface area contributed by atoms with Crippen LogP contribution in [0.25, 0.3) is 0 Å². The lowest BCUT2D eigenvalue weighted by Gasteiger charge is -2.25. The van der Waals surface area contributed by atoms with E-state index in [9.17, 15) is 4.79 Å². The number of carbonyl (C=O) groups excluding carboxylic acids is 1. The number of anilines is 1. The fraction of sp³-hybridized carbons (Fsp3) is 0.312. The second-order valence-electron chi connectivity index (χ2n) is 5.38. The molecule has 0 aliphatic rings. The van der Waals surface area contributed by atoms with Crippen LogP contribution < -0.4 is 5.32 Å². The number of rotatable bonds is 5. The average Bonchev–Trinajstić information content (AvgIpc) is 2.53. The molecule has 1 N–H and O–H groups in total. The third kappa shape index (κ3) is 3.78. The van der Waals surface area contributed by atoms with Gasteiger partial charge in [-0.1, -0.05) is 44.2 Å². The molecule has 0 saturated heterocycles. The van der Waals surface area contributed by atoms with Crippen molar-refractivity contribution in [3.8, 4) is 0 Å². The van der Waals surface area contributed by atoms with Gasteiger partial charge in [0.1, 0.15) is 5.82 Å². The fourth-order valence-corrected chi connectivity index (χ4v) is 1.96. The summed E-state index contributed by atoms with van der Waals surface area (Å²) in [7, 11) is 1.32. The second-order valence-corrected chi connectivity index (χ2v) is 5.38. The van der Waals surface area contributed by atoms with E-state index in [0.717, 1.165) is 0 Å². The number of methoxy groups -OCH3 is 1. The first-order valence-electron chi connectivity index (χ1n) is 6.73. The van der Waals surface area contributed by atoms with Gasteiger partial charge in [-0.05, 0) is 5.56 Å². The number of hydrogen-bond donors (Lipinski definition) is 1. The van der Waals surface area contributed by atoms with Crippen molar-refractivity contribution in [3.63, 3.8) is 0 Å². The van der Waals surface area contributed by atoms with Gasteiger partial charge in [-0.25, -0.2) is 9.78 Å². The Bertz CT molecular complexity index is 612. The third-order valence-corrected chi connectivity index (χ3v) is 3.30. The Morgan fingerprint density at radius 3 is 2.62 bits per heavy atom. The molecule has 0 amide bonds. The van der Waals surface area contributed by atoms with Crippen LogP contribution in [0.2, 0.25) is 0 Å². The maximum Gasteiger partial charge on any atom is 0.358 e. The van der Waals surface area contributed by atoms with E-state index in [4.69, 9.17) is 0 Å². The summed E-state index contributed by atoms with van der Waals surface area (Å²) < 4.78 is 4.64. The van der Waals surface area contributed by atoms with Gasteiger partial charge in [0.05, 0.1) is 19.5 Å². The number of nitrogens with zero attached hydrogens (tertiary/aromatic N) is 2. The first kappa shape index (κ1) is 15.0. The van der Waals surface area contributed by atoms with Crippen molar-refractivity contribution >= 4 is 11.8 Å². The van der Waals surface area contributed by atoms with E-state index < -0.39 is 5.97 Å². The number of carbonyl (C=O) groups is 1. The lowest BCUT2D eigenvalue weighted by molar-refractivity contribution is 0.0593. The zero-order chi connectivity index (χ0) is 15.3. The van der Waals surface area contributed by atoms with E-state index in [1.807, 2.05) is 18.2 Å². The number of ether oxygens (including phenoxy) is 1. The van der Waals surface area contributed by atoms with Gasteiger partial charge in [0.2, 0.25) is 0 Å². The lowest BCUT2D eigenvalue weighted by Crippen LogP contribution is -2.28. The molecule has 0 atom stereocenters. The predicted molar refractivity (Wildman–Crippen MR) is 81.3 cm³/mol. The van der Waals surface area contributed by atoms with E-state index in [2.05, 4.69) is 46.0 Å². The largest absolute Gasteiger partial charge is 0.464 e. The Kier molecular flexibility index (Phi) is 4.52. The molecule has 0 fully saturated rings. The Balaban J connectivity index is 2.08. The van der Waals surface area contributed by atoms with Crippen LogP contribution in [-0.4, -0.2) is 29.6 Å². The van der Waals surface area contributed by atoms with Crippen LogP contribution in [0.4, 0.5) is 5.82 Å². The van der Waals surface area contributed by atoms with Crippen LogP contribution in [-0.2, 0) is 10.2 Å². The summed E-state index contributed by atoms with van der Waals surface area (Å²) in [6.07, 6.45) is 2.98. The molecule has 21 heavy (non-hydrogen) atoms. The molecule has 0 saturated carbocycles. The minimum Gasteiger partial charge on any atom is -0.464 e. The van der Waals surface area contributed by atoms with Crippen LogP contribution in [0.3, 0.4) is 0 Å². The quantitative estimate of drug-likeness (QED) is 0.856. The molecule has 0 bridgehead atoms. The zero-order valence-electron chi connectivity index (χ0n) is 12.5. The average molecular weight is 285 g/mol. The Morgan fingerprint density at radius 1 is 1.24 bits per heavy atom. The lowest BCUT2D eigenvalue weighted by atomic mass is 9.85. The maximum atomic E-state index is 11.4. The van der Waals surface area contributed by atoms with Gasteiger partial charge in [0.15, 0.2) is 5.69 Å². The van der Waals surface area contributed by atoms with E-state index in [0.29, 0.717) is 12.4 Å². The molecular weight excluding hydrogens is 266 g/mol. The highest BCUT2D eigenvalue weighted by molar-refractivity contribution is 5.87. The van der Waals surface area contributed by atoms with Gasteiger partial charge >= 0.3 is 5.97 Å². The Morgan fingerprint density at radius 2 is 1.95 bits per heavy atom. The Labute approximate surface area is 124 Å². The summed E-state index contributed by atoms with van der Waals surface area (Å²) in [5, 5.41) is 3.22. The molecule has 0 radical (unpaired) electrons. The van der Waals surface area contributed by atoms with E-state index in [1.165, 1.54) is 18.9 Å². The molecule has 5 heteroatoms. The summed E-state index contributed by atoms with van der Waals surface area (Å²) in [4.78, 5) is 19.6. The minimum absolute atomic E-state index is 0.0653. The molecule has 110 valence electrons. The van der Waals surface area contributed by atoms with Crippen molar-refractivity contribution in [2.75, 3.05) is 19.0 Å². The SMILES string of the molecule is COC(=O)c1cncc(NCC(C)(C)c2ccccc2)n1. The molecule has 0 aliphatic carbocycles. The van der Waals surface area contributed by atoms with Crippen LogP contribution >= 0.6 is 0 Å². The topological polar surface area (TPSA) is 64.1 Å². The number of benzene rings is 1. The second kappa shape index (κ2) is 6.35. The molecule has 1 aromatic heterocycles. The molecule has 1 heterocycles. The summed E-state index contributed by atoms with van der Waals surface area (Å²) in [6, 6.07) is 10.2. The number of esters is 1. The maximum absolute atomic E-state index is 11.4. The smallest absolute Gasteiger partial charge is 0.358 e. The molecule has 0 spiro atoms. The molecule has 1 aromatic carbocycles. The summed E-state index contributed by atoms with van der Waals surface area (Å²) in [6.45, 7) is 4.97. The van der Waals surface area contributed by atoms with Gasteiger partial charge < -0.3 is 10.1 Å². The highest BCUT2D eigenvalue weighted by Gasteiger charge is 2.20. The normalized spacial score (nSPS) is 11.0. The molecule has 0 aliphatic heterocycles. The molecule has 0 unspecified atom stereocenters. The van der Waals surface area contributed by atoms with Crippen molar-refractivity contribution in [2.45, 2.75) is 19.3 Å². The van der Waals surface area contributed by atoms with Crippen molar-refractivity contribution in [1.29, 1.82) is 0 Å². The van der Waals surface area contributed by atoms with Crippen molar-refractivity contribution in [2.24, 2.45) is 0 Å². The first-order valence-corrected chi connectivity index (χ1v) is 6.73. The summed E-state index contributed by atoms with van der Waals surface area (Å²) in [5.41, 5.74) is 1.36. The van der Waals surface area contributed by atoms with Crippen molar-refractivity contribution < 1.29 is 9.53 Å². The van der Waals surface area contributed by atoms with Crippen molar-refractivity contribution in [3.05, 3.63) is 54.0 Å². The third-order valence-electron chi connectivity index (χ3n) is 3.30. The highest BCUT2D eigenvalue weighted by atomic mass is 16.5. The molecule has 2 rings (SSSR count). The van der Waals surface area contributed by atoms with Gasteiger partial charge in [-0.2, -0.15) is 0 Å². The molecule has 5 nitrogen and oxygen atoms in total. The monoisotopic (exact) mass is 285 g/mol. The van der Waals surface area contributed by atoms with E-state index >= 15 is 0 Å². The standard InChI is InChI=1S/C16H19N3O2/c1-16(2,12-7-5-4-6-8-12)11-18-14-10-17-9-13(19-14)15(20)21-3/h4-10H,11H2,1-3H3,(H,18,19). The van der Waals surface area contributed by atoms with Crippen LogP contribution in [0.15, 0.2) is 42.7 Å². The molecular formula is C16H19N3O2. The van der Waals surface area contributed by atoms with E-state index in [-0.39, 0.29) is 11.1 Å². The highest BCUT2D eigenvalue weighted by Crippen LogP contribution is 2.23. The summed E-state index contributed by atoms with van der Waals surface area (Å²) in [5.74, 6) is 0.0652. The number of nitrogens with one attached hydrogen (secondary N) is 1. The number of aromatic nitrogens is 2. The van der Waals surface area contributed by atoms with Crippen LogP contribution in [0.5, 0.6) is 0 Å². The van der Waals surface area contributed by atoms with Crippen molar-refractivity contribution in [1.82, 2.24) is 9.97 Å². The minimum atomic E-state index is -0.492. The number of hydrogen-bond acceptors (Lipinski definition) is 5. The first-order chi connectivity index (χ1) is 10.0. The van der Waals surface area contributed by atoms with Crippen LogP contribution in [0, 0.1) is 0 Å². The zero-order valence-corrected chi connectivity index (χ0v) is 12.5. The van der Waals surface area contributed by atoms with Gasteiger partial charge in [-0.15, -0.1) is 0 Å². The van der Waals surface area contributed by atoms with Gasteiger partial charge in [-0.3, -0.25) is 4.98 Å². The fourth-order valence-electron chi connectivity index (χ4n) is 1.96. The predicted octanol–water partition coefficient (Wildman–Crippen LogP) is 2.65. The summed E-state index contributed by atoms with van der Waals surface area (Å²) >= 11 is 0. The van der Waals surface area contributed by atoms with Gasteiger partial charge in [0, 0.05) is 12.0 Å². The van der Waals surface area contributed by atoms with Gasteiger partial charge in [0.25, 0.3) is 0 Å². The Hall–Kier alpha value is -2.43.